The number of pyridine rings is 2. The summed E-state index contributed by atoms with van der Waals surface area (Å²) in [6, 6.07) is 13.5. The smallest absolute Gasteiger partial charge is 0.416 e. The summed E-state index contributed by atoms with van der Waals surface area (Å²) in [4.78, 5) is 39.5. The number of amides is 1. The number of carboxylic acid groups (broad SMARTS) is 1. The first-order valence-electron chi connectivity index (χ1n) is 14.1. The number of aliphatic carboxylic acids is 1. The number of aromatic nitrogens is 5. The molecule has 3 heterocycles. The second-order valence-corrected chi connectivity index (χ2v) is 14.4. The first kappa shape index (κ1) is 33.2. The van der Waals surface area contributed by atoms with E-state index in [1.807, 2.05) is 0 Å². The normalized spacial score (nSPS) is 13.0. The van der Waals surface area contributed by atoms with E-state index in [2.05, 4.69) is 20.1 Å². The van der Waals surface area contributed by atoms with E-state index in [1.165, 1.54) is 41.2 Å². The number of ether oxygens (including phenoxy) is 1. The molecule has 1 aromatic carbocycles. The standard InChI is InChI=1S/C31H37N7O6S/c1-30(2,3)27(28(39)40)38(29(41)44-31(4,5)6)26-11-7-9-23(35-26)19-36(45(42,43)25-10-8-16-32-17-25)18-22-12-14-24(15-13-22)37-21-33-20-34-37/h7-17,20-21,27H,18-19H2,1-6H3,(H,39,40). The van der Waals surface area contributed by atoms with Gasteiger partial charge in [-0.2, -0.15) is 9.40 Å². The van der Waals surface area contributed by atoms with E-state index < -0.39 is 39.1 Å². The summed E-state index contributed by atoms with van der Waals surface area (Å²) in [6.45, 7) is 9.93. The summed E-state index contributed by atoms with van der Waals surface area (Å²) in [5.41, 5.74) is -0.0933. The predicted octanol–water partition coefficient (Wildman–Crippen LogP) is 4.69. The third-order valence-corrected chi connectivity index (χ3v) is 8.31. The van der Waals surface area contributed by atoms with Crippen LogP contribution >= 0.6 is 0 Å². The van der Waals surface area contributed by atoms with Crippen molar-refractivity contribution >= 4 is 27.9 Å². The maximum absolute atomic E-state index is 13.9. The lowest BCUT2D eigenvalue weighted by molar-refractivity contribution is -0.141. The van der Waals surface area contributed by atoms with Crippen molar-refractivity contribution in [3.63, 3.8) is 0 Å². The molecule has 0 saturated carbocycles. The highest BCUT2D eigenvalue weighted by molar-refractivity contribution is 7.89. The van der Waals surface area contributed by atoms with Crippen molar-refractivity contribution in [1.29, 1.82) is 0 Å². The van der Waals surface area contributed by atoms with Crippen molar-refractivity contribution in [2.24, 2.45) is 5.41 Å². The maximum atomic E-state index is 13.9. The van der Waals surface area contributed by atoms with Crippen LogP contribution in [0.1, 0.15) is 52.8 Å². The van der Waals surface area contributed by atoms with Gasteiger partial charge in [-0.25, -0.2) is 37.6 Å². The second kappa shape index (κ2) is 13.1. The van der Waals surface area contributed by atoms with Crippen LogP contribution in [0.15, 0.2) is 84.5 Å². The van der Waals surface area contributed by atoms with E-state index >= 15 is 0 Å². The Morgan fingerprint density at radius 1 is 0.956 bits per heavy atom. The summed E-state index contributed by atoms with van der Waals surface area (Å²) in [6.07, 6.45) is 4.84. The van der Waals surface area contributed by atoms with Gasteiger partial charge in [-0.15, -0.1) is 0 Å². The van der Waals surface area contributed by atoms with Gasteiger partial charge in [0.25, 0.3) is 0 Å². The third kappa shape index (κ3) is 8.28. The van der Waals surface area contributed by atoms with E-state index in [0.717, 1.165) is 10.6 Å². The molecule has 3 aromatic heterocycles. The van der Waals surface area contributed by atoms with Gasteiger partial charge in [0.15, 0.2) is 0 Å². The molecule has 0 saturated heterocycles. The summed E-state index contributed by atoms with van der Waals surface area (Å²) < 4.78 is 36.2. The summed E-state index contributed by atoms with van der Waals surface area (Å²) in [5, 5.41) is 14.3. The molecule has 238 valence electrons. The van der Waals surface area contributed by atoms with Crippen molar-refractivity contribution in [2.45, 2.75) is 71.2 Å². The van der Waals surface area contributed by atoms with Crippen LogP contribution < -0.4 is 4.90 Å². The zero-order chi connectivity index (χ0) is 33.0. The maximum Gasteiger partial charge on any atom is 0.416 e. The number of rotatable bonds is 10. The average Bonchev–Trinajstić information content (AvgIpc) is 3.50. The first-order valence-corrected chi connectivity index (χ1v) is 15.6. The fourth-order valence-electron chi connectivity index (χ4n) is 4.55. The average molecular weight is 636 g/mol. The highest BCUT2D eigenvalue weighted by Gasteiger charge is 2.42. The van der Waals surface area contributed by atoms with Gasteiger partial charge in [-0.1, -0.05) is 39.0 Å². The molecule has 0 aliphatic heterocycles. The van der Waals surface area contributed by atoms with Gasteiger partial charge >= 0.3 is 12.1 Å². The molecule has 14 heteroatoms. The molecular formula is C31H37N7O6S. The summed E-state index contributed by atoms with van der Waals surface area (Å²) in [7, 11) is -4.07. The third-order valence-electron chi connectivity index (χ3n) is 6.53. The summed E-state index contributed by atoms with van der Waals surface area (Å²) in [5.74, 6) is -1.23. The van der Waals surface area contributed by atoms with Crippen molar-refractivity contribution in [3.8, 4) is 5.69 Å². The number of carbonyl (C=O) groups is 2. The summed E-state index contributed by atoms with van der Waals surface area (Å²) >= 11 is 0. The van der Waals surface area contributed by atoms with Crippen LogP contribution in [0, 0.1) is 5.41 Å². The van der Waals surface area contributed by atoms with E-state index in [0.29, 0.717) is 5.56 Å². The quantitative estimate of drug-likeness (QED) is 0.259. The number of nitrogens with zero attached hydrogens (tertiary/aromatic N) is 7. The van der Waals surface area contributed by atoms with Crippen LogP contribution in [-0.4, -0.2) is 66.3 Å². The molecule has 0 bridgehead atoms. The van der Waals surface area contributed by atoms with E-state index in [9.17, 15) is 23.1 Å². The Balaban J connectivity index is 1.74. The molecule has 4 rings (SSSR count). The minimum absolute atomic E-state index is 0.00514. The molecule has 0 spiro atoms. The highest BCUT2D eigenvalue weighted by atomic mass is 32.2. The van der Waals surface area contributed by atoms with Crippen LogP contribution in [0.2, 0.25) is 0 Å². The van der Waals surface area contributed by atoms with Crippen LogP contribution in [0.25, 0.3) is 5.69 Å². The lowest BCUT2D eigenvalue weighted by Crippen LogP contribution is -2.54. The molecule has 0 radical (unpaired) electrons. The van der Waals surface area contributed by atoms with Crippen LogP contribution in [0.5, 0.6) is 0 Å². The zero-order valence-corrected chi connectivity index (χ0v) is 26.8. The lowest BCUT2D eigenvalue weighted by Gasteiger charge is -2.37. The van der Waals surface area contributed by atoms with Crippen LogP contribution in [0.4, 0.5) is 10.6 Å². The Morgan fingerprint density at radius 3 is 2.22 bits per heavy atom. The van der Waals surface area contributed by atoms with Crippen molar-refractivity contribution in [2.75, 3.05) is 4.90 Å². The van der Waals surface area contributed by atoms with Gasteiger partial charge in [0.05, 0.1) is 17.9 Å². The molecule has 1 N–H and O–H groups in total. The van der Waals surface area contributed by atoms with E-state index in [-0.39, 0.29) is 29.5 Å². The number of carboxylic acids is 1. The Hall–Kier alpha value is -4.69. The van der Waals surface area contributed by atoms with Crippen molar-refractivity contribution in [3.05, 3.63) is 90.9 Å². The largest absolute Gasteiger partial charge is 0.480 e. The Morgan fingerprint density at radius 2 is 1.67 bits per heavy atom. The topological polar surface area (TPSA) is 161 Å². The minimum atomic E-state index is -4.07. The molecule has 0 aliphatic carbocycles. The second-order valence-electron chi connectivity index (χ2n) is 12.4. The molecular weight excluding hydrogens is 598 g/mol. The molecule has 1 unspecified atom stereocenters. The minimum Gasteiger partial charge on any atom is -0.480 e. The Labute approximate surface area is 262 Å². The van der Waals surface area contributed by atoms with Crippen LogP contribution in [0.3, 0.4) is 0 Å². The highest BCUT2D eigenvalue weighted by Crippen LogP contribution is 2.31. The monoisotopic (exact) mass is 635 g/mol. The van der Waals surface area contributed by atoms with Crippen molar-refractivity contribution < 1.29 is 27.9 Å². The van der Waals surface area contributed by atoms with Gasteiger partial charge in [0.1, 0.15) is 35.0 Å². The number of sulfonamides is 1. The molecule has 4 aromatic rings. The Bertz CT molecular complexity index is 1720. The van der Waals surface area contributed by atoms with Crippen molar-refractivity contribution in [1.82, 2.24) is 29.0 Å². The number of anilines is 1. The van der Waals surface area contributed by atoms with Gasteiger partial charge in [-0.3, -0.25) is 4.98 Å². The molecule has 1 atom stereocenters. The van der Waals surface area contributed by atoms with Crippen LogP contribution in [-0.2, 0) is 32.6 Å². The molecule has 0 fully saturated rings. The number of hydrogen-bond acceptors (Lipinski definition) is 9. The van der Waals surface area contributed by atoms with Gasteiger partial charge in [0.2, 0.25) is 10.0 Å². The molecule has 45 heavy (non-hydrogen) atoms. The predicted molar refractivity (Wildman–Crippen MR) is 166 cm³/mol. The van der Waals surface area contributed by atoms with E-state index in [4.69, 9.17) is 4.74 Å². The molecule has 0 aliphatic rings. The fourth-order valence-corrected chi connectivity index (χ4v) is 5.92. The number of carbonyl (C=O) groups excluding carboxylic acids is 1. The number of benzene rings is 1. The van der Waals surface area contributed by atoms with E-state index in [1.54, 1.807) is 88.9 Å². The van der Waals surface area contributed by atoms with Gasteiger partial charge in [-0.05, 0) is 68.1 Å². The molecule has 13 nitrogen and oxygen atoms in total. The van der Waals surface area contributed by atoms with Gasteiger partial charge in [0, 0.05) is 18.9 Å². The first-order chi connectivity index (χ1) is 21.1. The Kier molecular flexibility index (Phi) is 9.68. The fraction of sp³-hybridized carbons (Fsp3) is 0.355. The SMILES string of the molecule is CC(C)(C)OC(=O)N(c1cccc(CN(Cc2ccc(-n3cncn3)cc2)S(=O)(=O)c2cccnc2)n1)C(C(=O)O)C(C)(C)C. The zero-order valence-electron chi connectivity index (χ0n) is 26.0. The lowest BCUT2D eigenvalue weighted by atomic mass is 9.85. The molecule has 1 amide bonds. The van der Waals surface area contributed by atoms with Gasteiger partial charge < -0.3 is 9.84 Å². The number of hydrogen-bond donors (Lipinski definition) is 1.